The third-order valence-electron chi connectivity index (χ3n) is 6.17. The molecule has 1 saturated heterocycles. The van der Waals surface area contributed by atoms with Crippen molar-refractivity contribution in [3.8, 4) is 0 Å². The molecule has 1 aliphatic carbocycles. The Balaban J connectivity index is 1.39. The summed E-state index contributed by atoms with van der Waals surface area (Å²) in [5, 5.41) is 18.5. The van der Waals surface area contributed by atoms with Gasteiger partial charge in [0.05, 0.1) is 17.8 Å². The molecule has 2 aromatic heterocycles. The highest BCUT2D eigenvalue weighted by Gasteiger charge is 2.31. The van der Waals surface area contributed by atoms with Crippen molar-refractivity contribution < 1.29 is 5.11 Å². The first-order chi connectivity index (χ1) is 13.8. The summed E-state index contributed by atoms with van der Waals surface area (Å²) in [6.45, 7) is 0.995. The molecule has 0 spiro atoms. The minimum Gasteiger partial charge on any atom is -0.374 e. The van der Waals surface area contributed by atoms with Crippen molar-refractivity contribution in [2.45, 2.75) is 56.8 Å². The highest BCUT2D eigenvalue weighted by molar-refractivity contribution is 5.55. The molecule has 0 radical (unpaired) electrons. The number of aliphatic hydroxyl groups excluding tert-OH is 1. The van der Waals surface area contributed by atoms with E-state index in [0.717, 1.165) is 42.8 Å². The summed E-state index contributed by atoms with van der Waals surface area (Å²) in [5.74, 6) is 0.944. The van der Waals surface area contributed by atoms with Crippen molar-refractivity contribution in [1.29, 1.82) is 0 Å². The Bertz CT molecular complexity index is 935. The molecule has 6 heteroatoms. The second-order valence-corrected chi connectivity index (χ2v) is 7.97. The lowest BCUT2D eigenvalue weighted by atomic mass is 9.95. The second kappa shape index (κ2) is 7.53. The first-order valence-electron chi connectivity index (χ1n) is 10.4. The molecule has 3 aromatic rings. The lowest BCUT2D eigenvalue weighted by Gasteiger charge is -2.42. The fourth-order valence-electron chi connectivity index (χ4n) is 4.50. The zero-order valence-electron chi connectivity index (χ0n) is 16.0. The van der Waals surface area contributed by atoms with Gasteiger partial charge in [-0.25, -0.2) is 9.50 Å². The number of anilines is 1. The van der Waals surface area contributed by atoms with E-state index >= 15 is 0 Å². The van der Waals surface area contributed by atoms with Gasteiger partial charge in [0.2, 0.25) is 0 Å². The summed E-state index contributed by atoms with van der Waals surface area (Å²) in [7, 11) is 0. The standard InChI is InChI=1S/C22H27N5O/c28-22(24-17-9-5-2-6-10-17)18-15-23-27-14-12-20(25-21(18)27)26-13-11-19(26)16-7-3-1-4-8-16/h1,3-4,7-8,12,14-15,17,19,22,24,28H,2,5-6,9-11,13H2. The molecule has 28 heavy (non-hydrogen) atoms. The number of rotatable bonds is 5. The predicted molar refractivity (Wildman–Crippen MR) is 109 cm³/mol. The number of nitrogens with zero attached hydrogens (tertiary/aromatic N) is 4. The Morgan fingerprint density at radius 2 is 1.86 bits per heavy atom. The lowest BCUT2D eigenvalue weighted by molar-refractivity contribution is 0.115. The van der Waals surface area contributed by atoms with E-state index in [4.69, 9.17) is 4.98 Å². The molecule has 2 atom stereocenters. The average Bonchev–Trinajstić information content (AvgIpc) is 3.12. The Hall–Kier alpha value is -2.44. The van der Waals surface area contributed by atoms with Crippen molar-refractivity contribution in [2.24, 2.45) is 0 Å². The van der Waals surface area contributed by atoms with Crippen LogP contribution in [0.15, 0.2) is 48.8 Å². The van der Waals surface area contributed by atoms with E-state index < -0.39 is 6.23 Å². The van der Waals surface area contributed by atoms with Crippen LogP contribution in [-0.2, 0) is 0 Å². The van der Waals surface area contributed by atoms with Crippen LogP contribution in [0.3, 0.4) is 0 Å². The number of hydrogen-bond donors (Lipinski definition) is 2. The molecule has 3 heterocycles. The van der Waals surface area contributed by atoms with Gasteiger partial charge in [0.1, 0.15) is 12.0 Å². The molecular formula is C22H27N5O. The van der Waals surface area contributed by atoms with Crippen molar-refractivity contribution in [3.63, 3.8) is 0 Å². The summed E-state index contributed by atoms with van der Waals surface area (Å²) in [4.78, 5) is 7.20. The van der Waals surface area contributed by atoms with Gasteiger partial charge in [-0.2, -0.15) is 5.10 Å². The Kier molecular flexibility index (Phi) is 4.74. The predicted octanol–water partition coefficient (Wildman–Crippen LogP) is 3.59. The first kappa shape index (κ1) is 17.6. The molecule has 1 aromatic carbocycles. The van der Waals surface area contributed by atoms with Gasteiger partial charge in [0, 0.05) is 18.8 Å². The topological polar surface area (TPSA) is 65.7 Å². The molecule has 2 N–H and O–H groups in total. The molecule has 0 amide bonds. The normalized spacial score (nSPS) is 21.6. The molecule has 5 rings (SSSR count). The minimum atomic E-state index is -0.732. The molecule has 1 saturated carbocycles. The maximum Gasteiger partial charge on any atom is 0.164 e. The van der Waals surface area contributed by atoms with Crippen LogP contribution in [0.1, 0.15) is 61.9 Å². The quantitative estimate of drug-likeness (QED) is 0.665. The summed E-state index contributed by atoms with van der Waals surface area (Å²) in [6.07, 6.45) is 10.1. The van der Waals surface area contributed by atoms with Crippen molar-refractivity contribution in [2.75, 3.05) is 11.4 Å². The van der Waals surface area contributed by atoms with Crippen LogP contribution in [0.5, 0.6) is 0 Å². The number of benzene rings is 1. The van der Waals surface area contributed by atoms with Gasteiger partial charge in [-0.05, 0) is 30.9 Å². The minimum absolute atomic E-state index is 0.368. The zero-order chi connectivity index (χ0) is 18.9. The van der Waals surface area contributed by atoms with Crippen LogP contribution in [0.4, 0.5) is 5.82 Å². The molecule has 146 valence electrons. The number of hydrogen-bond acceptors (Lipinski definition) is 5. The molecule has 2 unspecified atom stereocenters. The van der Waals surface area contributed by atoms with Crippen LogP contribution >= 0.6 is 0 Å². The molecule has 0 bridgehead atoms. The molecule has 1 aliphatic heterocycles. The number of fused-ring (bicyclic) bond motifs is 1. The van der Waals surface area contributed by atoms with E-state index in [2.05, 4.69) is 45.6 Å². The maximum absolute atomic E-state index is 10.8. The van der Waals surface area contributed by atoms with Crippen molar-refractivity contribution >= 4 is 11.5 Å². The van der Waals surface area contributed by atoms with E-state index in [-0.39, 0.29) is 0 Å². The Morgan fingerprint density at radius 1 is 1.04 bits per heavy atom. The van der Waals surface area contributed by atoms with E-state index in [1.165, 1.54) is 24.8 Å². The van der Waals surface area contributed by atoms with E-state index in [0.29, 0.717) is 12.1 Å². The summed E-state index contributed by atoms with van der Waals surface area (Å²) >= 11 is 0. The van der Waals surface area contributed by atoms with Gasteiger partial charge in [0.15, 0.2) is 5.65 Å². The van der Waals surface area contributed by atoms with Crippen LogP contribution in [0.25, 0.3) is 5.65 Å². The highest BCUT2D eigenvalue weighted by atomic mass is 16.3. The van der Waals surface area contributed by atoms with Gasteiger partial charge in [-0.3, -0.25) is 5.32 Å². The van der Waals surface area contributed by atoms with Crippen LogP contribution < -0.4 is 10.2 Å². The molecule has 2 fully saturated rings. The van der Waals surface area contributed by atoms with Gasteiger partial charge in [-0.1, -0.05) is 49.6 Å². The van der Waals surface area contributed by atoms with Gasteiger partial charge in [-0.15, -0.1) is 0 Å². The Morgan fingerprint density at radius 3 is 2.61 bits per heavy atom. The molecular weight excluding hydrogens is 350 g/mol. The third-order valence-corrected chi connectivity index (χ3v) is 6.17. The largest absolute Gasteiger partial charge is 0.374 e. The third kappa shape index (κ3) is 3.27. The van der Waals surface area contributed by atoms with Crippen LogP contribution in [0, 0.1) is 0 Å². The molecule has 2 aliphatic rings. The maximum atomic E-state index is 10.8. The smallest absolute Gasteiger partial charge is 0.164 e. The fourth-order valence-corrected chi connectivity index (χ4v) is 4.50. The lowest BCUT2D eigenvalue weighted by Crippen LogP contribution is -2.41. The van der Waals surface area contributed by atoms with Gasteiger partial charge >= 0.3 is 0 Å². The number of aromatic nitrogens is 3. The average molecular weight is 377 g/mol. The summed E-state index contributed by atoms with van der Waals surface area (Å²) < 4.78 is 1.75. The second-order valence-electron chi connectivity index (χ2n) is 7.97. The first-order valence-corrected chi connectivity index (χ1v) is 10.4. The Labute approximate surface area is 165 Å². The van der Waals surface area contributed by atoms with Gasteiger partial charge in [0.25, 0.3) is 0 Å². The SMILES string of the molecule is OC(NC1CCCCC1)c1cnn2ccc(N3CCC3c3ccccc3)nc12. The van der Waals surface area contributed by atoms with Crippen LogP contribution in [0.2, 0.25) is 0 Å². The van der Waals surface area contributed by atoms with Crippen LogP contribution in [-0.4, -0.2) is 32.3 Å². The summed E-state index contributed by atoms with van der Waals surface area (Å²) in [6, 6.07) is 13.3. The fraction of sp³-hybridized carbons (Fsp3) is 0.455. The van der Waals surface area contributed by atoms with Crippen molar-refractivity contribution in [1.82, 2.24) is 19.9 Å². The van der Waals surface area contributed by atoms with E-state index in [1.54, 1.807) is 10.7 Å². The monoisotopic (exact) mass is 377 g/mol. The van der Waals surface area contributed by atoms with E-state index in [1.807, 2.05) is 12.3 Å². The number of nitrogens with one attached hydrogen (secondary N) is 1. The van der Waals surface area contributed by atoms with Crippen molar-refractivity contribution in [3.05, 3.63) is 59.9 Å². The molecule has 6 nitrogen and oxygen atoms in total. The van der Waals surface area contributed by atoms with Gasteiger partial charge < -0.3 is 10.0 Å². The number of aliphatic hydroxyl groups is 1. The zero-order valence-corrected chi connectivity index (χ0v) is 16.0. The highest BCUT2D eigenvalue weighted by Crippen LogP contribution is 2.37. The van der Waals surface area contributed by atoms with E-state index in [9.17, 15) is 5.11 Å². The summed E-state index contributed by atoms with van der Waals surface area (Å²) in [5.41, 5.74) is 2.80.